The minimum Gasteiger partial charge on any atom is -0.398 e. The number of anilines is 1. The van der Waals surface area contributed by atoms with Gasteiger partial charge in [-0.1, -0.05) is 6.92 Å². The Hall–Kier alpha value is -1.55. The van der Waals surface area contributed by atoms with Crippen LogP contribution in [0.25, 0.3) is 5.65 Å². The minimum atomic E-state index is 0.580. The van der Waals surface area contributed by atoms with Crippen molar-refractivity contribution in [2.24, 2.45) is 0 Å². The number of fused-ring (bicyclic) bond motifs is 1. The van der Waals surface area contributed by atoms with Crippen LogP contribution in [0.15, 0.2) is 24.5 Å². The molecule has 1 aliphatic rings. The molecule has 0 bridgehead atoms. The zero-order valence-corrected chi connectivity index (χ0v) is 10.1. The molecule has 0 aliphatic carbocycles. The molecule has 4 heteroatoms. The molecule has 0 spiro atoms. The Labute approximate surface area is 101 Å². The number of nitrogens with zero attached hydrogens (tertiary/aromatic N) is 3. The summed E-state index contributed by atoms with van der Waals surface area (Å²) in [5, 5.41) is 0. The maximum Gasteiger partial charge on any atom is 0.137 e. The molecule has 2 aromatic rings. The van der Waals surface area contributed by atoms with Gasteiger partial charge in [-0.25, -0.2) is 4.98 Å². The van der Waals surface area contributed by atoms with Gasteiger partial charge in [0.1, 0.15) is 5.65 Å². The molecule has 17 heavy (non-hydrogen) atoms. The Balaban J connectivity index is 1.91. The summed E-state index contributed by atoms with van der Waals surface area (Å²) in [7, 11) is 0. The number of imidazole rings is 1. The van der Waals surface area contributed by atoms with E-state index in [9.17, 15) is 0 Å². The quantitative estimate of drug-likeness (QED) is 0.854. The molecule has 3 heterocycles. The maximum absolute atomic E-state index is 5.77. The van der Waals surface area contributed by atoms with Crippen molar-refractivity contribution in [3.8, 4) is 0 Å². The zero-order chi connectivity index (χ0) is 11.8. The molecule has 2 aromatic heterocycles. The average molecular weight is 230 g/mol. The predicted molar refractivity (Wildman–Crippen MR) is 69.1 cm³/mol. The molecule has 0 aromatic carbocycles. The van der Waals surface area contributed by atoms with Crippen molar-refractivity contribution in [3.63, 3.8) is 0 Å². The van der Waals surface area contributed by atoms with Crippen LogP contribution in [0.4, 0.5) is 5.69 Å². The highest BCUT2D eigenvalue weighted by Crippen LogP contribution is 2.26. The van der Waals surface area contributed by atoms with E-state index in [4.69, 9.17) is 5.73 Å². The lowest BCUT2D eigenvalue weighted by Crippen LogP contribution is -2.19. The van der Waals surface area contributed by atoms with Crippen LogP contribution in [0.5, 0.6) is 0 Å². The summed E-state index contributed by atoms with van der Waals surface area (Å²) in [6, 6.07) is 3.88. The van der Waals surface area contributed by atoms with Gasteiger partial charge >= 0.3 is 0 Å². The van der Waals surface area contributed by atoms with Crippen molar-refractivity contribution >= 4 is 11.3 Å². The first kappa shape index (κ1) is 10.6. The second-order valence-electron chi connectivity index (χ2n) is 4.77. The van der Waals surface area contributed by atoms with Gasteiger partial charge < -0.3 is 15.0 Å². The minimum absolute atomic E-state index is 0.580. The first-order valence-electron chi connectivity index (χ1n) is 6.22. The van der Waals surface area contributed by atoms with Crippen molar-refractivity contribution in [2.75, 3.05) is 25.4 Å². The number of likely N-dealkylation sites (tertiary alicyclic amines) is 1. The van der Waals surface area contributed by atoms with E-state index < -0.39 is 0 Å². The highest BCUT2D eigenvalue weighted by Gasteiger charge is 2.24. The van der Waals surface area contributed by atoms with Crippen LogP contribution in [0, 0.1) is 0 Å². The number of rotatable bonds is 2. The fourth-order valence-corrected chi connectivity index (χ4v) is 2.59. The summed E-state index contributed by atoms with van der Waals surface area (Å²) in [4.78, 5) is 7.16. The molecule has 1 atom stereocenters. The highest BCUT2D eigenvalue weighted by molar-refractivity contribution is 5.48. The Kier molecular flexibility index (Phi) is 2.52. The molecule has 1 unspecified atom stereocenters. The van der Waals surface area contributed by atoms with E-state index in [0.29, 0.717) is 5.92 Å². The normalized spacial score (nSPS) is 21.4. The third-order valence-electron chi connectivity index (χ3n) is 3.63. The molecule has 3 rings (SSSR count). The summed E-state index contributed by atoms with van der Waals surface area (Å²) in [6.07, 6.45) is 5.26. The SMILES string of the molecule is CCN1CCC(c2cn3cc(N)ccc3n2)C1. The molecule has 0 saturated carbocycles. The average Bonchev–Trinajstić information content (AvgIpc) is 2.93. The van der Waals surface area contributed by atoms with Gasteiger partial charge in [-0.05, 0) is 31.6 Å². The van der Waals surface area contributed by atoms with Crippen molar-refractivity contribution < 1.29 is 0 Å². The summed E-state index contributed by atoms with van der Waals surface area (Å²) >= 11 is 0. The van der Waals surface area contributed by atoms with Crippen molar-refractivity contribution in [3.05, 3.63) is 30.2 Å². The largest absolute Gasteiger partial charge is 0.398 e. The van der Waals surface area contributed by atoms with E-state index in [1.165, 1.54) is 18.7 Å². The van der Waals surface area contributed by atoms with Crippen LogP contribution in [0.1, 0.15) is 25.0 Å². The summed E-state index contributed by atoms with van der Waals surface area (Å²) in [5.41, 5.74) is 8.74. The third-order valence-corrected chi connectivity index (χ3v) is 3.63. The van der Waals surface area contributed by atoms with Gasteiger partial charge in [0, 0.05) is 30.5 Å². The second-order valence-corrected chi connectivity index (χ2v) is 4.77. The number of nitrogen functional groups attached to an aromatic ring is 1. The molecule has 1 aliphatic heterocycles. The third kappa shape index (κ3) is 1.89. The summed E-state index contributed by atoms with van der Waals surface area (Å²) < 4.78 is 2.03. The fourth-order valence-electron chi connectivity index (χ4n) is 2.59. The molecule has 2 N–H and O–H groups in total. The van der Waals surface area contributed by atoms with Crippen LogP contribution >= 0.6 is 0 Å². The monoisotopic (exact) mass is 230 g/mol. The van der Waals surface area contributed by atoms with Crippen LogP contribution in [-0.4, -0.2) is 33.9 Å². The Morgan fingerprint density at radius 2 is 2.29 bits per heavy atom. The van der Waals surface area contributed by atoms with E-state index in [0.717, 1.165) is 24.4 Å². The smallest absolute Gasteiger partial charge is 0.137 e. The number of aromatic nitrogens is 2. The Morgan fingerprint density at radius 3 is 3.06 bits per heavy atom. The van der Waals surface area contributed by atoms with Crippen molar-refractivity contribution in [1.29, 1.82) is 0 Å². The molecular weight excluding hydrogens is 212 g/mol. The molecule has 90 valence electrons. The van der Waals surface area contributed by atoms with E-state index in [1.807, 2.05) is 22.7 Å². The van der Waals surface area contributed by atoms with E-state index in [1.54, 1.807) is 0 Å². The molecule has 1 saturated heterocycles. The van der Waals surface area contributed by atoms with E-state index in [2.05, 4.69) is 23.0 Å². The lowest BCUT2D eigenvalue weighted by Gasteiger charge is -2.11. The Bertz CT molecular complexity index is 531. The zero-order valence-electron chi connectivity index (χ0n) is 10.1. The molecule has 4 nitrogen and oxygen atoms in total. The van der Waals surface area contributed by atoms with Crippen molar-refractivity contribution in [2.45, 2.75) is 19.3 Å². The van der Waals surface area contributed by atoms with Gasteiger partial charge in [-0.3, -0.25) is 0 Å². The van der Waals surface area contributed by atoms with Gasteiger partial charge in [-0.2, -0.15) is 0 Å². The van der Waals surface area contributed by atoms with E-state index in [-0.39, 0.29) is 0 Å². The van der Waals surface area contributed by atoms with E-state index >= 15 is 0 Å². The highest BCUT2D eigenvalue weighted by atomic mass is 15.1. The van der Waals surface area contributed by atoms with Crippen LogP contribution in [0.3, 0.4) is 0 Å². The Morgan fingerprint density at radius 1 is 1.41 bits per heavy atom. The first-order chi connectivity index (χ1) is 8.26. The number of hydrogen-bond donors (Lipinski definition) is 1. The second kappa shape index (κ2) is 4.04. The van der Waals surface area contributed by atoms with Gasteiger partial charge in [0.2, 0.25) is 0 Å². The number of hydrogen-bond acceptors (Lipinski definition) is 3. The standard InChI is InChI=1S/C13H18N4/c1-2-16-6-5-10(7-16)12-9-17-8-11(14)3-4-13(17)15-12/h3-4,8-10H,2,5-7,14H2,1H3. The van der Waals surface area contributed by atoms with Gasteiger partial charge in [-0.15, -0.1) is 0 Å². The van der Waals surface area contributed by atoms with Crippen LogP contribution in [-0.2, 0) is 0 Å². The molecule has 0 radical (unpaired) electrons. The summed E-state index contributed by atoms with van der Waals surface area (Å²) in [5.74, 6) is 0.580. The number of pyridine rings is 1. The molecule has 0 amide bonds. The molecular formula is C13H18N4. The number of nitrogens with two attached hydrogens (primary N) is 1. The topological polar surface area (TPSA) is 46.6 Å². The number of likely N-dealkylation sites (N-methyl/N-ethyl adjacent to an activating group) is 1. The fraction of sp³-hybridized carbons (Fsp3) is 0.462. The predicted octanol–water partition coefficient (Wildman–Crippen LogP) is 1.73. The van der Waals surface area contributed by atoms with Gasteiger partial charge in [0.25, 0.3) is 0 Å². The van der Waals surface area contributed by atoms with Gasteiger partial charge in [0.05, 0.1) is 5.69 Å². The first-order valence-corrected chi connectivity index (χ1v) is 6.22. The molecule has 1 fully saturated rings. The van der Waals surface area contributed by atoms with Crippen LogP contribution < -0.4 is 5.73 Å². The van der Waals surface area contributed by atoms with Gasteiger partial charge in [0.15, 0.2) is 0 Å². The maximum atomic E-state index is 5.77. The van der Waals surface area contributed by atoms with Crippen LogP contribution in [0.2, 0.25) is 0 Å². The summed E-state index contributed by atoms with van der Waals surface area (Å²) in [6.45, 7) is 5.68. The lowest BCUT2D eigenvalue weighted by molar-refractivity contribution is 0.353. The van der Waals surface area contributed by atoms with Crippen molar-refractivity contribution in [1.82, 2.24) is 14.3 Å². The lowest BCUT2D eigenvalue weighted by atomic mass is 10.1.